The van der Waals surface area contributed by atoms with Crippen molar-refractivity contribution in [2.75, 3.05) is 26.0 Å². The van der Waals surface area contributed by atoms with E-state index < -0.39 is 32.8 Å². The van der Waals surface area contributed by atoms with Crippen LogP contribution in [0, 0.1) is 10.1 Å². The highest BCUT2D eigenvalue weighted by Gasteiger charge is 2.25. The van der Waals surface area contributed by atoms with Crippen LogP contribution >= 0.6 is 0 Å². The third-order valence-corrected chi connectivity index (χ3v) is 3.79. The van der Waals surface area contributed by atoms with Crippen LogP contribution in [0.2, 0.25) is 0 Å². The van der Waals surface area contributed by atoms with Crippen LogP contribution in [-0.2, 0) is 19.0 Å². The Bertz CT molecular complexity index is 756. The van der Waals surface area contributed by atoms with E-state index in [9.17, 15) is 28.4 Å². The Labute approximate surface area is 158 Å². The van der Waals surface area contributed by atoms with Gasteiger partial charge in [-0.2, -0.15) is 8.42 Å². The van der Waals surface area contributed by atoms with Crippen molar-refractivity contribution in [1.29, 1.82) is 0 Å². The lowest BCUT2D eigenvalue weighted by Gasteiger charge is -2.28. The molecule has 1 aromatic carbocycles. The van der Waals surface area contributed by atoms with Crippen molar-refractivity contribution >= 4 is 21.9 Å². The van der Waals surface area contributed by atoms with Crippen LogP contribution in [0.4, 0.5) is 10.5 Å². The topological polar surface area (TPSA) is 136 Å². The van der Waals surface area contributed by atoms with Gasteiger partial charge in [0, 0.05) is 18.7 Å². The van der Waals surface area contributed by atoms with Crippen molar-refractivity contribution in [2.45, 2.75) is 32.5 Å². The van der Waals surface area contributed by atoms with Gasteiger partial charge in [0.05, 0.1) is 30.4 Å². The Hall–Kier alpha value is -2.24. The molecule has 10 nitrogen and oxygen atoms in total. The molecule has 0 aliphatic carbocycles. The Morgan fingerprint density at radius 3 is 2.30 bits per heavy atom. The summed E-state index contributed by atoms with van der Waals surface area (Å²) in [4.78, 5) is 23.6. The zero-order valence-corrected chi connectivity index (χ0v) is 16.4. The summed E-state index contributed by atoms with van der Waals surface area (Å²) in [5.74, 6) is 0. The van der Waals surface area contributed by atoms with Gasteiger partial charge in [-0.15, -0.1) is 0 Å². The highest BCUT2D eigenvalue weighted by molar-refractivity contribution is 7.85. The van der Waals surface area contributed by atoms with E-state index in [0.29, 0.717) is 5.56 Å². The molecule has 1 rings (SSSR count). The second-order valence-electron chi connectivity index (χ2n) is 6.82. The summed E-state index contributed by atoms with van der Waals surface area (Å²) in [6.07, 6.45) is -1.02. The van der Waals surface area contributed by atoms with E-state index in [1.807, 2.05) is 0 Å². The van der Waals surface area contributed by atoms with Gasteiger partial charge >= 0.3 is 6.09 Å². The number of nitro groups is 1. The fraction of sp³-hybridized carbons (Fsp3) is 0.562. The first kappa shape index (κ1) is 22.8. The monoisotopic (exact) mass is 404 g/mol. The summed E-state index contributed by atoms with van der Waals surface area (Å²) in [7, 11) is -3.68. The smallest absolute Gasteiger partial charge is 0.410 e. The molecule has 0 aliphatic heterocycles. The van der Waals surface area contributed by atoms with Crippen LogP contribution in [0.25, 0.3) is 0 Å². The second-order valence-corrected chi connectivity index (χ2v) is 8.46. The molecule has 1 amide bonds. The van der Waals surface area contributed by atoms with Gasteiger partial charge < -0.3 is 14.7 Å². The molecule has 0 aromatic heterocycles. The van der Waals surface area contributed by atoms with Crippen LogP contribution in [0.1, 0.15) is 32.4 Å². The molecule has 1 aromatic rings. The minimum absolute atomic E-state index is 0.128. The number of nitro benzene ring substituents is 1. The number of rotatable bonds is 8. The van der Waals surface area contributed by atoms with Gasteiger partial charge in [-0.1, -0.05) is 0 Å². The fourth-order valence-corrected chi connectivity index (χ4v) is 2.39. The normalized spacial score (nSPS) is 13.1. The number of nitrogens with zero attached hydrogens (tertiary/aromatic N) is 2. The first-order valence-corrected chi connectivity index (χ1v) is 9.85. The molecule has 0 fully saturated rings. The van der Waals surface area contributed by atoms with Gasteiger partial charge in [0.15, 0.2) is 0 Å². The van der Waals surface area contributed by atoms with E-state index in [4.69, 9.17) is 4.74 Å². The molecule has 0 spiro atoms. The summed E-state index contributed by atoms with van der Waals surface area (Å²) >= 11 is 0. The lowest BCUT2D eigenvalue weighted by molar-refractivity contribution is -0.384. The number of benzene rings is 1. The summed E-state index contributed by atoms with van der Waals surface area (Å²) in [5.41, 5.74) is -0.555. The SMILES string of the molecule is CC(C)(C)OC(=O)N(CCOS(C)(=O)=O)C[C@H](O)c1ccc([N+](=O)[O-])cc1. The van der Waals surface area contributed by atoms with Crippen molar-refractivity contribution in [3.8, 4) is 0 Å². The molecule has 0 aliphatic rings. The number of aliphatic hydroxyl groups is 1. The van der Waals surface area contributed by atoms with Crippen LogP contribution in [0.3, 0.4) is 0 Å². The molecule has 152 valence electrons. The number of carbonyl (C=O) groups excluding carboxylic acids is 1. The van der Waals surface area contributed by atoms with Gasteiger partial charge in [0.25, 0.3) is 15.8 Å². The maximum absolute atomic E-state index is 12.3. The standard InChI is InChI=1S/C16H24N2O8S/c1-16(2,3)26-15(20)17(9-10-25-27(4,23)24)11-14(19)12-5-7-13(8-6-12)18(21)22/h5-8,14,19H,9-11H2,1-4H3/t14-/m0/s1. The number of ether oxygens (including phenoxy) is 1. The largest absolute Gasteiger partial charge is 0.444 e. The lowest BCUT2D eigenvalue weighted by atomic mass is 10.1. The second kappa shape index (κ2) is 9.11. The lowest BCUT2D eigenvalue weighted by Crippen LogP contribution is -2.41. The molecule has 0 heterocycles. The third kappa shape index (κ3) is 8.80. The van der Waals surface area contributed by atoms with E-state index in [1.54, 1.807) is 20.8 Å². The Morgan fingerprint density at radius 2 is 1.85 bits per heavy atom. The first-order valence-electron chi connectivity index (χ1n) is 8.03. The maximum Gasteiger partial charge on any atom is 0.410 e. The first-order chi connectivity index (χ1) is 12.3. The molecule has 0 saturated heterocycles. The van der Waals surface area contributed by atoms with Crippen LogP contribution in [0.5, 0.6) is 0 Å². The van der Waals surface area contributed by atoms with E-state index in [1.165, 1.54) is 24.3 Å². The average Bonchev–Trinajstić information content (AvgIpc) is 2.51. The van der Waals surface area contributed by atoms with Crippen LogP contribution < -0.4 is 0 Å². The Balaban J connectivity index is 2.86. The number of hydrogen-bond acceptors (Lipinski definition) is 8. The maximum atomic E-state index is 12.3. The van der Waals surface area contributed by atoms with Crippen molar-refractivity contribution in [2.24, 2.45) is 0 Å². The molecule has 1 atom stereocenters. The van der Waals surface area contributed by atoms with E-state index in [-0.39, 0.29) is 25.4 Å². The zero-order chi connectivity index (χ0) is 20.8. The molecule has 0 bridgehead atoms. The minimum atomic E-state index is -3.68. The van der Waals surface area contributed by atoms with Gasteiger partial charge in [-0.25, -0.2) is 4.79 Å². The van der Waals surface area contributed by atoms with Crippen molar-refractivity contribution in [3.05, 3.63) is 39.9 Å². The summed E-state index contributed by atoms with van der Waals surface area (Å²) < 4.78 is 32.0. The molecule has 27 heavy (non-hydrogen) atoms. The number of aliphatic hydroxyl groups excluding tert-OH is 1. The summed E-state index contributed by atoms with van der Waals surface area (Å²) in [6.45, 7) is 4.37. The van der Waals surface area contributed by atoms with Crippen molar-refractivity contribution in [3.63, 3.8) is 0 Å². The minimum Gasteiger partial charge on any atom is -0.444 e. The number of amides is 1. The van der Waals surface area contributed by atoms with E-state index >= 15 is 0 Å². The molecule has 0 unspecified atom stereocenters. The third-order valence-electron chi connectivity index (χ3n) is 3.19. The number of non-ortho nitro benzene ring substituents is 1. The summed E-state index contributed by atoms with van der Waals surface area (Å²) in [6, 6.07) is 5.23. The zero-order valence-electron chi connectivity index (χ0n) is 15.6. The van der Waals surface area contributed by atoms with Gasteiger partial charge in [-0.05, 0) is 38.5 Å². The fourth-order valence-electron chi connectivity index (χ4n) is 2.01. The van der Waals surface area contributed by atoms with Gasteiger partial charge in [0.1, 0.15) is 5.60 Å². The van der Waals surface area contributed by atoms with Crippen LogP contribution in [-0.4, -0.2) is 61.0 Å². The van der Waals surface area contributed by atoms with Crippen LogP contribution in [0.15, 0.2) is 24.3 Å². The predicted molar refractivity (Wildman–Crippen MR) is 96.7 cm³/mol. The van der Waals surface area contributed by atoms with Crippen molar-refractivity contribution < 1.29 is 32.2 Å². The number of carbonyl (C=O) groups is 1. The van der Waals surface area contributed by atoms with E-state index in [2.05, 4.69) is 4.18 Å². The highest BCUT2D eigenvalue weighted by atomic mass is 32.2. The predicted octanol–water partition coefficient (Wildman–Crippen LogP) is 1.84. The molecular formula is C16H24N2O8S. The Morgan fingerprint density at radius 1 is 1.30 bits per heavy atom. The van der Waals surface area contributed by atoms with E-state index in [0.717, 1.165) is 11.2 Å². The van der Waals surface area contributed by atoms with Crippen molar-refractivity contribution in [1.82, 2.24) is 4.90 Å². The Kier molecular flexibility index (Phi) is 7.69. The quantitative estimate of drug-likeness (QED) is 0.394. The van der Waals surface area contributed by atoms with Gasteiger partial charge in [0.2, 0.25) is 0 Å². The highest BCUT2D eigenvalue weighted by Crippen LogP contribution is 2.20. The molecular weight excluding hydrogens is 380 g/mol. The average molecular weight is 404 g/mol. The van der Waals surface area contributed by atoms with Gasteiger partial charge in [-0.3, -0.25) is 14.3 Å². The molecule has 0 saturated carbocycles. The molecule has 0 radical (unpaired) electrons. The molecule has 1 N–H and O–H groups in total. The number of hydrogen-bond donors (Lipinski definition) is 1. The molecule has 11 heteroatoms. The summed E-state index contributed by atoms with van der Waals surface area (Å²) in [5, 5.41) is 21.0.